The molecule has 4 nitrogen and oxygen atoms in total. The molecule has 2 atom stereocenters. The molecule has 3 aromatic carbocycles. The van der Waals surface area contributed by atoms with Gasteiger partial charge in [0.15, 0.2) is 0 Å². The van der Waals surface area contributed by atoms with E-state index in [0.29, 0.717) is 28.6 Å². The van der Waals surface area contributed by atoms with Gasteiger partial charge in [-0.15, -0.1) is 0 Å². The quantitative estimate of drug-likeness (QED) is 0.369. The van der Waals surface area contributed by atoms with Gasteiger partial charge in [-0.1, -0.05) is 96.9 Å². The SMILES string of the molecule is CCC(C)NC(=O)C(Cc1ccccc1)N(Cc1ccccc1)C(=O)Cc1c(Cl)cccc1Cl. The van der Waals surface area contributed by atoms with E-state index in [1.807, 2.05) is 74.5 Å². The number of rotatable bonds is 10. The van der Waals surface area contributed by atoms with Crippen molar-refractivity contribution in [3.8, 4) is 0 Å². The van der Waals surface area contributed by atoms with E-state index in [-0.39, 0.29) is 24.3 Å². The number of amides is 2. The van der Waals surface area contributed by atoms with Crippen LogP contribution in [-0.2, 0) is 29.0 Å². The van der Waals surface area contributed by atoms with Crippen LogP contribution in [0.1, 0.15) is 37.0 Å². The molecular weight excluding hydrogens is 467 g/mol. The molecule has 0 aliphatic heterocycles. The second-order valence-electron chi connectivity index (χ2n) is 8.41. The lowest BCUT2D eigenvalue weighted by atomic mass is 10.0. The summed E-state index contributed by atoms with van der Waals surface area (Å²) >= 11 is 12.7. The van der Waals surface area contributed by atoms with E-state index in [9.17, 15) is 9.59 Å². The predicted molar refractivity (Wildman–Crippen MR) is 139 cm³/mol. The van der Waals surface area contributed by atoms with Crippen LogP contribution in [0, 0.1) is 0 Å². The Kier molecular flexibility index (Phi) is 9.55. The third-order valence-corrected chi connectivity index (χ3v) is 6.57. The van der Waals surface area contributed by atoms with E-state index < -0.39 is 6.04 Å². The first-order valence-electron chi connectivity index (χ1n) is 11.5. The highest BCUT2D eigenvalue weighted by Gasteiger charge is 2.31. The van der Waals surface area contributed by atoms with Crippen molar-refractivity contribution in [3.05, 3.63) is 106 Å². The standard InChI is InChI=1S/C28H30Cl2N2O2/c1-3-20(2)31-28(34)26(17-21-11-6-4-7-12-21)32(19-22-13-8-5-9-14-22)27(33)18-23-24(29)15-10-16-25(23)30/h4-16,20,26H,3,17-19H2,1-2H3,(H,31,34). The van der Waals surface area contributed by atoms with E-state index in [0.717, 1.165) is 17.5 Å². The van der Waals surface area contributed by atoms with Crippen molar-refractivity contribution in [2.24, 2.45) is 0 Å². The molecule has 0 saturated carbocycles. The van der Waals surface area contributed by atoms with Crippen molar-refractivity contribution in [2.45, 2.75) is 51.7 Å². The van der Waals surface area contributed by atoms with Gasteiger partial charge in [0, 0.05) is 29.1 Å². The highest BCUT2D eigenvalue weighted by Crippen LogP contribution is 2.26. The Bertz CT molecular complexity index is 1070. The summed E-state index contributed by atoms with van der Waals surface area (Å²) in [6.45, 7) is 4.28. The molecule has 3 aromatic rings. The fourth-order valence-corrected chi connectivity index (χ4v) is 4.26. The minimum atomic E-state index is -0.689. The van der Waals surface area contributed by atoms with Gasteiger partial charge >= 0.3 is 0 Å². The maximum absolute atomic E-state index is 13.7. The molecule has 1 N–H and O–H groups in total. The van der Waals surface area contributed by atoms with Crippen LogP contribution >= 0.6 is 23.2 Å². The zero-order valence-corrected chi connectivity index (χ0v) is 21.0. The highest BCUT2D eigenvalue weighted by molar-refractivity contribution is 6.36. The summed E-state index contributed by atoms with van der Waals surface area (Å²) in [5.41, 5.74) is 2.48. The molecule has 2 amide bonds. The van der Waals surface area contributed by atoms with Crippen molar-refractivity contribution in [2.75, 3.05) is 0 Å². The van der Waals surface area contributed by atoms with Gasteiger partial charge in [-0.2, -0.15) is 0 Å². The molecule has 2 unspecified atom stereocenters. The molecule has 0 bridgehead atoms. The zero-order valence-electron chi connectivity index (χ0n) is 19.5. The summed E-state index contributed by atoms with van der Waals surface area (Å²) in [6.07, 6.45) is 1.21. The average molecular weight is 497 g/mol. The Balaban J connectivity index is 1.99. The number of hydrogen-bond acceptors (Lipinski definition) is 2. The van der Waals surface area contributed by atoms with E-state index >= 15 is 0 Å². The van der Waals surface area contributed by atoms with Gasteiger partial charge in [0.25, 0.3) is 0 Å². The number of benzene rings is 3. The minimum absolute atomic E-state index is 0.00235. The van der Waals surface area contributed by atoms with Gasteiger partial charge < -0.3 is 10.2 Å². The van der Waals surface area contributed by atoms with Crippen LogP contribution in [0.3, 0.4) is 0 Å². The first-order chi connectivity index (χ1) is 16.4. The first-order valence-corrected chi connectivity index (χ1v) is 12.2. The largest absolute Gasteiger partial charge is 0.352 e. The molecule has 0 saturated heterocycles. The van der Waals surface area contributed by atoms with Crippen molar-refractivity contribution >= 4 is 35.0 Å². The average Bonchev–Trinajstić information content (AvgIpc) is 2.84. The van der Waals surface area contributed by atoms with Crippen molar-refractivity contribution in [1.82, 2.24) is 10.2 Å². The lowest BCUT2D eigenvalue weighted by Crippen LogP contribution is -2.52. The number of hydrogen-bond donors (Lipinski definition) is 1. The fourth-order valence-electron chi connectivity index (χ4n) is 3.73. The molecular formula is C28H30Cl2N2O2. The van der Waals surface area contributed by atoms with E-state index in [2.05, 4.69) is 5.32 Å². The fraction of sp³-hybridized carbons (Fsp3) is 0.286. The van der Waals surface area contributed by atoms with Crippen LogP contribution in [0.25, 0.3) is 0 Å². The molecule has 0 heterocycles. The number of nitrogens with one attached hydrogen (secondary N) is 1. The molecule has 0 aliphatic carbocycles. The van der Waals surface area contributed by atoms with Crippen LogP contribution in [0.15, 0.2) is 78.9 Å². The minimum Gasteiger partial charge on any atom is -0.352 e. The van der Waals surface area contributed by atoms with E-state index in [1.54, 1.807) is 23.1 Å². The summed E-state index contributed by atoms with van der Waals surface area (Å²) in [5.74, 6) is -0.383. The van der Waals surface area contributed by atoms with Crippen molar-refractivity contribution in [1.29, 1.82) is 0 Å². The summed E-state index contributed by atoms with van der Waals surface area (Å²) in [4.78, 5) is 28.9. The van der Waals surface area contributed by atoms with Crippen LogP contribution < -0.4 is 5.32 Å². The summed E-state index contributed by atoms with van der Waals surface area (Å²) in [5, 5.41) is 3.94. The molecule has 0 spiro atoms. The van der Waals surface area contributed by atoms with Gasteiger partial charge in [-0.25, -0.2) is 0 Å². The van der Waals surface area contributed by atoms with Gasteiger partial charge in [-0.3, -0.25) is 9.59 Å². The number of carbonyl (C=O) groups excluding carboxylic acids is 2. The predicted octanol–water partition coefficient (Wildman–Crippen LogP) is 6.09. The highest BCUT2D eigenvalue weighted by atomic mass is 35.5. The lowest BCUT2D eigenvalue weighted by molar-refractivity contribution is -0.141. The number of carbonyl (C=O) groups is 2. The maximum atomic E-state index is 13.7. The molecule has 0 aromatic heterocycles. The monoisotopic (exact) mass is 496 g/mol. The molecule has 3 rings (SSSR count). The summed E-state index contributed by atoms with van der Waals surface area (Å²) in [6, 6.07) is 23.9. The lowest BCUT2D eigenvalue weighted by Gasteiger charge is -2.32. The van der Waals surface area contributed by atoms with Crippen molar-refractivity contribution in [3.63, 3.8) is 0 Å². The molecule has 0 radical (unpaired) electrons. The molecule has 178 valence electrons. The van der Waals surface area contributed by atoms with Gasteiger partial charge in [-0.05, 0) is 42.2 Å². The van der Waals surface area contributed by atoms with E-state index in [4.69, 9.17) is 23.2 Å². The summed E-state index contributed by atoms with van der Waals surface area (Å²) < 4.78 is 0. The smallest absolute Gasteiger partial charge is 0.243 e. The van der Waals surface area contributed by atoms with Gasteiger partial charge in [0.1, 0.15) is 6.04 Å². The topological polar surface area (TPSA) is 49.4 Å². The second kappa shape index (κ2) is 12.6. The van der Waals surface area contributed by atoms with Crippen LogP contribution in [0.5, 0.6) is 0 Å². The van der Waals surface area contributed by atoms with Gasteiger partial charge in [0.2, 0.25) is 11.8 Å². The zero-order chi connectivity index (χ0) is 24.5. The Morgan fingerprint density at radius 2 is 1.41 bits per heavy atom. The molecule has 6 heteroatoms. The third-order valence-electron chi connectivity index (χ3n) is 5.86. The Morgan fingerprint density at radius 1 is 0.853 bits per heavy atom. The van der Waals surface area contributed by atoms with Crippen LogP contribution in [0.2, 0.25) is 10.0 Å². The molecule has 34 heavy (non-hydrogen) atoms. The van der Waals surface area contributed by atoms with E-state index in [1.165, 1.54) is 0 Å². The molecule has 0 aliphatic rings. The maximum Gasteiger partial charge on any atom is 0.243 e. The van der Waals surface area contributed by atoms with Crippen LogP contribution in [0.4, 0.5) is 0 Å². The van der Waals surface area contributed by atoms with Gasteiger partial charge in [0.05, 0.1) is 6.42 Å². The second-order valence-corrected chi connectivity index (χ2v) is 9.22. The number of halogens is 2. The van der Waals surface area contributed by atoms with Crippen LogP contribution in [-0.4, -0.2) is 28.8 Å². The Morgan fingerprint density at radius 3 is 1.97 bits per heavy atom. The first kappa shape index (κ1) is 25.8. The third kappa shape index (κ3) is 7.09. The normalized spacial score (nSPS) is 12.6. The Labute approximate surface area is 211 Å². The summed E-state index contributed by atoms with van der Waals surface area (Å²) in [7, 11) is 0. The number of nitrogens with zero attached hydrogens (tertiary/aromatic N) is 1. The Hall–Kier alpha value is -2.82. The molecule has 0 fully saturated rings. The van der Waals surface area contributed by atoms with Crippen molar-refractivity contribution < 1.29 is 9.59 Å².